The van der Waals surface area contributed by atoms with E-state index in [1.165, 1.54) is 0 Å². The van der Waals surface area contributed by atoms with Gasteiger partial charge < -0.3 is 5.32 Å². The average molecular weight is 245 g/mol. The van der Waals surface area contributed by atoms with Crippen molar-refractivity contribution in [3.05, 3.63) is 35.5 Å². The van der Waals surface area contributed by atoms with Crippen LogP contribution in [-0.4, -0.2) is 26.3 Å². The lowest BCUT2D eigenvalue weighted by Gasteiger charge is -2.07. The average Bonchev–Trinajstić information content (AvgIpc) is 2.66. The molecule has 96 valence electrons. The van der Waals surface area contributed by atoms with Gasteiger partial charge >= 0.3 is 0 Å². The van der Waals surface area contributed by atoms with Gasteiger partial charge in [0.05, 0.1) is 12.2 Å². The summed E-state index contributed by atoms with van der Waals surface area (Å²) in [6, 6.07) is 6.01. The Bertz CT molecular complexity index is 518. The molecule has 0 aliphatic rings. The normalized spacial score (nSPS) is 10.6. The van der Waals surface area contributed by atoms with Gasteiger partial charge in [-0.1, -0.05) is 13.0 Å². The zero-order valence-corrected chi connectivity index (χ0v) is 11.1. The molecule has 0 fully saturated rings. The van der Waals surface area contributed by atoms with E-state index in [1.54, 1.807) is 0 Å². The molecule has 0 aliphatic heterocycles. The summed E-state index contributed by atoms with van der Waals surface area (Å²) in [7, 11) is 0. The van der Waals surface area contributed by atoms with E-state index in [4.69, 9.17) is 0 Å². The minimum Gasteiger partial charge on any atom is -0.370 e. The monoisotopic (exact) mass is 245 g/mol. The maximum Gasteiger partial charge on any atom is 0.147 e. The molecular formula is C13H19N5. The lowest BCUT2D eigenvalue weighted by atomic mass is 10.3. The number of hydrogen-bond acceptors (Lipinski definition) is 4. The highest BCUT2D eigenvalue weighted by Crippen LogP contribution is 2.07. The Kier molecular flexibility index (Phi) is 3.92. The third-order valence-electron chi connectivity index (χ3n) is 2.64. The molecule has 0 spiro atoms. The fourth-order valence-corrected chi connectivity index (χ4v) is 1.78. The summed E-state index contributed by atoms with van der Waals surface area (Å²) in [4.78, 5) is 8.84. The summed E-state index contributed by atoms with van der Waals surface area (Å²) in [6.45, 7) is 7.60. The molecule has 5 nitrogen and oxygen atoms in total. The van der Waals surface area contributed by atoms with Crippen LogP contribution in [0.5, 0.6) is 0 Å². The van der Waals surface area contributed by atoms with Gasteiger partial charge in [0, 0.05) is 6.54 Å². The second-order valence-electron chi connectivity index (χ2n) is 4.30. The van der Waals surface area contributed by atoms with Gasteiger partial charge in [-0.25, -0.2) is 14.6 Å². The number of aromatic nitrogens is 4. The fraction of sp³-hybridized carbons (Fsp3) is 0.462. The quantitative estimate of drug-likeness (QED) is 0.877. The summed E-state index contributed by atoms with van der Waals surface area (Å²) >= 11 is 0. The predicted molar refractivity (Wildman–Crippen MR) is 71.6 cm³/mol. The van der Waals surface area contributed by atoms with Crippen molar-refractivity contribution in [1.82, 2.24) is 19.7 Å². The van der Waals surface area contributed by atoms with Crippen molar-refractivity contribution in [2.45, 2.75) is 33.7 Å². The number of nitrogens with zero attached hydrogens (tertiary/aromatic N) is 4. The summed E-state index contributed by atoms with van der Waals surface area (Å²) < 4.78 is 1.88. The molecule has 0 radical (unpaired) electrons. The molecule has 0 bridgehead atoms. The van der Waals surface area contributed by atoms with Gasteiger partial charge in [0.15, 0.2) is 0 Å². The molecular weight excluding hydrogens is 226 g/mol. The molecule has 2 aromatic heterocycles. The lowest BCUT2D eigenvalue weighted by molar-refractivity contribution is 0.644. The summed E-state index contributed by atoms with van der Waals surface area (Å²) in [5, 5.41) is 7.63. The standard InChI is InChI=1S/C13H19N5/c1-4-8-14-13-7-5-6-12(16-13)9-18-11(3)15-10(2)17-18/h5-7H,4,8-9H2,1-3H3,(H,14,16). The van der Waals surface area contributed by atoms with Gasteiger partial charge in [-0.05, 0) is 32.4 Å². The van der Waals surface area contributed by atoms with Crippen LogP contribution in [0.1, 0.15) is 30.7 Å². The highest BCUT2D eigenvalue weighted by atomic mass is 15.3. The van der Waals surface area contributed by atoms with Gasteiger partial charge in [-0.2, -0.15) is 5.10 Å². The summed E-state index contributed by atoms with van der Waals surface area (Å²) in [5.41, 5.74) is 0.990. The molecule has 0 aliphatic carbocycles. The van der Waals surface area contributed by atoms with Crippen molar-refractivity contribution in [2.24, 2.45) is 0 Å². The Labute approximate surface area is 107 Å². The second-order valence-corrected chi connectivity index (χ2v) is 4.30. The number of hydrogen-bond donors (Lipinski definition) is 1. The number of nitrogens with one attached hydrogen (secondary N) is 1. The Morgan fingerprint density at radius 2 is 2.06 bits per heavy atom. The largest absolute Gasteiger partial charge is 0.370 e. The molecule has 5 heteroatoms. The minimum atomic E-state index is 0.661. The SMILES string of the molecule is CCCNc1cccc(Cn2nc(C)nc2C)n1. The van der Waals surface area contributed by atoms with Crippen LogP contribution in [0.25, 0.3) is 0 Å². The zero-order valence-electron chi connectivity index (χ0n) is 11.1. The molecule has 0 amide bonds. The second kappa shape index (κ2) is 5.62. The number of aryl methyl sites for hydroxylation is 2. The highest BCUT2D eigenvalue weighted by molar-refractivity contribution is 5.35. The van der Waals surface area contributed by atoms with Crippen LogP contribution >= 0.6 is 0 Å². The summed E-state index contributed by atoms with van der Waals surface area (Å²) in [5.74, 6) is 2.64. The zero-order chi connectivity index (χ0) is 13.0. The molecule has 0 aromatic carbocycles. The molecule has 0 atom stereocenters. The van der Waals surface area contributed by atoms with Crippen molar-refractivity contribution in [3.63, 3.8) is 0 Å². The van der Waals surface area contributed by atoms with Crippen LogP contribution in [0.15, 0.2) is 18.2 Å². The first-order chi connectivity index (χ1) is 8.69. The Hall–Kier alpha value is -1.91. The maximum atomic E-state index is 4.56. The van der Waals surface area contributed by atoms with E-state index in [9.17, 15) is 0 Å². The van der Waals surface area contributed by atoms with Gasteiger partial charge in [0.1, 0.15) is 17.5 Å². The van der Waals surface area contributed by atoms with E-state index in [0.717, 1.165) is 36.1 Å². The van der Waals surface area contributed by atoms with E-state index in [-0.39, 0.29) is 0 Å². The third kappa shape index (κ3) is 3.06. The van der Waals surface area contributed by atoms with Crippen molar-refractivity contribution < 1.29 is 0 Å². The molecule has 1 N–H and O–H groups in total. The number of rotatable bonds is 5. The first-order valence-electron chi connectivity index (χ1n) is 6.27. The highest BCUT2D eigenvalue weighted by Gasteiger charge is 2.04. The summed E-state index contributed by atoms with van der Waals surface area (Å²) in [6.07, 6.45) is 1.09. The van der Waals surface area contributed by atoms with Gasteiger partial charge in [0.2, 0.25) is 0 Å². The Balaban J connectivity index is 2.11. The number of pyridine rings is 1. The fourth-order valence-electron chi connectivity index (χ4n) is 1.78. The topological polar surface area (TPSA) is 55.6 Å². The molecule has 0 unspecified atom stereocenters. The van der Waals surface area contributed by atoms with E-state index in [1.807, 2.05) is 36.7 Å². The van der Waals surface area contributed by atoms with E-state index in [0.29, 0.717) is 6.54 Å². The van der Waals surface area contributed by atoms with Crippen molar-refractivity contribution in [3.8, 4) is 0 Å². The van der Waals surface area contributed by atoms with Crippen molar-refractivity contribution >= 4 is 5.82 Å². The van der Waals surface area contributed by atoms with Crippen LogP contribution in [-0.2, 0) is 6.54 Å². The van der Waals surface area contributed by atoms with E-state index < -0.39 is 0 Å². The molecule has 18 heavy (non-hydrogen) atoms. The van der Waals surface area contributed by atoms with Crippen molar-refractivity contribution in [1.29, 1.82) is 0 Å². The predicted octanol–water partition coefficient (Wildman–Crippen LogP) is 2.16. The van der Waals surface area contributed by atoms with Gasteiger partial charge in [-0.3, -0.25) is 0 Å². The first-order valence-corrected chi connectivity index (χ1v) is 6.27. The van der Waals surface area contributed by atoms with Crippen LogP contribution in [0.4, 0.5) is 5.82 Å². The first kappa shape index (κ1) is 12.5. The van der Waals surface area contributed by atoms with Gasteiger partial charge in [0.25, 0.3) is 0 Å². The van der Waals surface area contributed by atoms with Crippen LogP contribution in [0.2, 0.25) is 0 Å². The Morgan fingerprint density at radius 1 is 1.22 bits per heavy atom. The molecule has 2 aromatic rings. The van der Waals surface area contributed by atoms with Crippen LogP contribution in [0, 0.1) is 13.8 Å². The van der Waals surface area contributed by atoms with Crippen LogP contribution < -0.4 is 5.32 Å². The smallest absolute Gasteiger partial charge is 0.147 e. The lowest BCUT2D eigenvalue weighted by Crippen LogP contribution is -2.08. The maximum absolute atomic E-state index is 4.56. The third-order valence-corrected chi connectivity index (χ3v) is 2.64. The minimum absolute atomic E-state index is 0.661. The van der Waals surface area contributed by atoms with Gasteiger partial charge in [-0.15, -0.1) is 0 Å². The Morgan fingerprint density at radius 3 is 2.72 bits per heavy atom. The number of anilines is 1. The molecule has 2 rings (SSSR count). The van der Waals surface area contributed by atoms with E-state index >= 15 is 0 Å². The molecule has 2 heterocycles. The van der Waals surface area contributed by atoms with Crippen LogP contribution in [0.3, 0.4) is 0 Å². The van der Waals surface area contributed by atoms with Crippen molar-refractivity contribution in [2.75, 3.05) is 11.9 Å². The van der Waals surface area contributed by atoms with E-state index in [2.05, 4.69) is 27.3 Å². The molecule has 0 saturated heterocycles. The molecule has 0 saturated carbocycles.